The van der Waals surface area contributed by atoms with Crippen molar-refractivity contribution < 1.29 is 14.0 Å². The van der Waals surface area contributed by atoms with E-state index < -0.39 is 5.54 Å². The highest BCUT2D eigenvalue weighted by Gasteiger charge is 2.48. The van der Waals surface area contributed by atoms with E-state index in [1.165, 1.54) is 6.07 Å². The average Bonchev–Trinajstić information content (AvgIpc) is 3.40. The fraction of sp³-hybridized carbons (Fsp3) is 0.360. The minimum absolute atomic E-state index is 0.0433. The van der Waals surface area contributed by atoms with Gasteiger partial charge in [-0.15, -0.1) is 0 Å². The molecule has 1 atom stereocenters. The van der Waals surface area contributed by atoms with Crippen LogP contribution in [0.3, 0.4) is 0 Å². The molecule has 1 fully saturated rings. The number of carbonyl (C=O) groups is 2. The molecule has 2 amide bonds. The third-order valence-electron chi connectivity index (χ3n) is 6.80. The zero-order valence-electron chi connectivity index (χ0n) is 17.6. The van der Waals surface area contributed by atoms with Crippen molar-refractivity contribution in [3.05, 3.63) is 71.7 Å². The second-order valence-corrected chi connectivity index (χ2v) is 8.89. The SMILES string of the molecule is C[C@@]1(C(=O)NC2CCCC2)Cn2c(cc3ccccc32)C(=O)N1Cc1ccccc1F. The van der Waals surface area contributed by atoms with Gasteiger partial charge in [0.15, 0.2) is 0 Å². The number of halogens is 1. The first-order chi connectivity index (χ1) is 15.0. The van der Waals surface area contributed by atoms with Gasteiger partial charge >= 0.3 is 0 Å². The summed E-state index contributed by atoms with van der Waals surface area (Å²) in [4.78, 5) is 28.8. The summed E-state index contributed by atoms with van der Waals surface area (Å²) in [6, 6.07) is 16.2. The Labute approximate surface area is 180 Å². The number of fused-ring (bicyclic) bond motifs is 3. The zero-order chi connectivity index (χ0) is 21.6. The monoisotopic (exact) mass is 419 g/mol. The summed E-state index contributed by atoms with van der Waals surface area (Å²) in [6.07, 6.45) is 4.12. The molecule has 1 aromatic heterocycles. The van der Waals surface area contributed by atoms with E-state index in [0.717, 1.165) is 36.6 Å². The Bertz CT molecular complexity index is 1160. The van der Waals surface area contributed by atoms with E-state index in [9.17, 15) is 14.0 Å². The summed E-state index contributed by atoms with van der Waals surface area (Å²) < 4.78 is 16.4. The van der Waals surface area contributed by atoms with Gasteiger partial charge in [0.05, 0.1) is 13.1 Å². The lowest BCUT2D eigenvalue weighted by Gasteiger charge is -2.44. The van der Waals surface area contributed by atoms with Gasteiger partial charge in [0.1, 0.15) is 17.1 Å². The van der Waals surface area contributed by atoms with Gasteiger partial charge in [0, 0.05) is 22.5 Å². The standard InChI is InChI=1S/C25H26FN3O2/c1-25(24(31)27-19-10-4-5-11-19)16-28-21-13-7-3-8-17(21)14-22(28)23(30)29(25)15-18-9-2-6-12-20(18)26/h2-3,6-9,12-14,19H,4-5,10-11,15-16H2,1H3,(H,27,31)/t25-/m0/s1. The molecule has 0 spiro atoms. The number of hydrogen-bond acceptors (Lipinski definition) is 2. The Morgan fingerprint density at radius 1 is 1.13 bits per heavy atom. The lowest BCUT2D eigenvalue weighted by atomic mass is 9.93. The van der Waals surface area contributed by atoms with Crippen LogP contribution in [0.25, 0.3) is 10.9 Å². The van der Waals surface area contributed by atoms with Crippen molar-refractivity contribution in [2.75, 3.05) is 0 Å². The van der Waals surface area contributed by atoms with Gasteiger partial charge in [0.2, 0.25) is 5.91 Å². The highest BCUT2D eigenvalue weighted by Crippen LogP contribution is 2.34. The van der Waals surface area contributed by atoms with Crippen LogP contribution in [0, 0.1) is 5.82 Å². The number of rotatable bonds is 4. The second kappa shape index (κ2) is 7.52. The van der Waals surface area contributed by atoms with Crippen molar-refractivity contribution in [1.82, 2.24) is 14.8 Å². The van der Waals surface area contributed by atoms with E-state index >= 15 is 0 Å². The predicted molar refractivity (Wildman–Crippen MR) is 117 cm³/mol. The molecule has 0 unspecified atom stereocenters. The minimum Gasteiger partial charge on any atom is -0.351 e. The number of carbonyl (C=O) groups excluding carboxylic acids is 2. The lowest BCUT2D eigenvalue weighted by molar-refractivity contribution is -0.133. The summed E-state index contributed by atoms with van der Waals surface area (Å²) in [5.74, 6) is -0.803. The van der Waals surface area contributed by atoms with Gasteiger partial charge < -0.3 is 14.8 Å². The molecule has 0 bridgehead atoms. The molecule has 160 valence electrons. The third-order valence-corrected chi connectivity index (χ3v) is 6.80. The average molecular weight is 420 g/mol. The molecule has 2 aromatic carbocycles. The van der Waals surface area contributed by atoms with Gasteiger partial charge in [-0.25, -0.2) is 4.39 Å². The molecule has 3 aromatic rings. The molecule has 2 aliphatic rings. The van der Waals surface area contributed by atoms with Crippen LogP contribution in [0.5, 0.6) is 0 Å². The molecule has 1 saturated carbocycles. The fourth-order valence-corrected chi connectivity index (χ4v) is 4.96. The second-order valence-electron chi connectivity index (χ2n) is 8.89. The van der Waals surface area contributed by atoms with Crippen LogP contribution in [0.4, 0.5) is 4.39 Å². The molecule has 31 heavy (non-hydrogen) atoms. The number of para-hydroxylation sites is 1. The highest BCUT2D eigenvalue weighted by molar-refractivity contribution is 6.03. The van der Waals surface area contributed by atoms with Crippen molar-refractivity contribution >= 4 is 22.7 Å². The molecule has 1 N–H and O–H groups in total. The number of nitrogens with zero attached hydrogens (tertiary/aromatic N) is 2. The molecule has 1 aliphatic heterocycles. The molecule has 5 rings (SSSR count). The summed E-state index contributed by atoms with van der Waals surface area (Å²) in [5.41, 5.74) is 0.733. The molecular formula is C25H26FN3O2. The van der Waals surface area contributed by atoms with Crippen LogP contribution >= 0.6 is 0 Å². The van der Waals surface area contributed by atoms with E-state index in [1.807, 2.05) is 34.9 Å². The van der Waals surface area contributed by atoms with Gasteiger partial charge in [-0.3, -0.25) is 9.59 Å². The van der Waals surface area contributed by atoms with Gasteiger partial charge in [-0.2, -0.15) is 0 Å². The van der Waals surface area contributed by atoms with E-state index in [-0.39, 0.29) is 30.2 Å². The first kappa shape index (κ1) is 19.8. The quantitative estimate of drug-likeness (QED) is 0.687. The van der Waals surface area contributed by atoms with Gasteiger partial charge in [0.25, 0.3) is 5.91 Å². The molecule has 2 heterocycles. The van der Waals surface area contributed by atoms with Crippen LogP contribution in [0.15, 0.2) is 54.6 Å². The number of aromatic nitrogens is 1. The van der Waals surface area contributed by atoms with Crippen molar-refractivity contribution in [3.8, 4) is 0 Å². The Kier molecular flexibility index (Phi) is 4.80. The molecule has 5 nitrogen and oxygen atoms in total. The summed E-state index contributed by atoms with van der Waals surface area (Å²) in [5, 5.41) is 4.13. The number of benzene rings is 2. The third kappa shape index (κ3) is 3.30. The largest absolute Gasteiger partial charge is 0.351 e. The lowest BCUT2D eigenvalue weighted by Crippen LogP contribution is -2.64. The maximum absolute atomic E-state index is 14.5. The Hall–Kier alpha value is -3.15. The topological polar surface area (TPSA) is 54.3 Å². The zero-order valence-corrected chi connectivity index (χ0v) is 17.6. The Morgan fingerprint density at radius 2 is 1.84 bits per heavy atom. The Morgan fingerprint density at radius 3 is 2.61 bits per heavy atom. The van der Waals surface area contributed by atoms with E-state index in [2.05, 4.69) is 5.32 Å². The summed E-state index contributed by atoms with van der Waals surface area (Å²) >= 11 is 0. The van der Waals surface area contributed by atoms with Crippen molar-refractivity contribution in [1.29, 1.82) is 0 Å². The minimum atomic E-state index is -1.13. The van der Waals surface area contributed by atoms with Crippen LogP contribution in [-0.2, 0) is 17.9 Å². The van der Waals surface area contributed by atoms with Crippen LogP contribution in [0.1, 0.15) is 48.7 Å². The van der Waals surface area contributed by atoms with E-state index in [1.54, 1.807) is 30.0 Å². The highest BCUT2D eigenvalue weighted by atomic mass is 19.1. The molecule has 6 heteroatoms. The van der Waals surface area contributed by atoms with Crippen molar-refractivity contribution in [2.45, 2.75) is 57.3 Å². The smallest absolute Gasteiger partial charge is 0.271 e. The summed E-state index contributed by atoms with van der Waals surface area (Å²) in [6.45, 7) is 2.17. The first-order valence-corrected chi connectivity index (χ1v) is 10.9. The first-order valence-electron chi connectivity index (χ1n) is 10.9. The molecular weight excluding hydrogens is 393 g/mol. The normalized spacial score (nSPS) is 21.5. The summed E-state index contributed by atoms with van der Waals surface area (Å²) in [7, 11) is 0. The maximum Gasteiger partial charge on any atom is 0.271 e. The van der Waals surface area contributed by atoms with Gasteiger partial charge in [-0.05, 0) is 38.0 Å². The van der Waals surface area contributed by atoms with Crippen LogP contribution in [-0.4, -0.2) is 32.9 Å². The van der Waals surface area contributed by atoms with Crippen LogP contribution in [0.2, 0.25) is 0 Å². The number of amides is 2. The van der Waals surface area contributed by atoms with Crippen LogP contribution < -0.4 is 5.32 Å². The number of nitrogens with one attached hydrogen (secondary N) is 1. The van der Waals surface area contributed by atoms with E-state index in [0.29, 0.717) is 17.8 Å². The molecule has 0 radical (unpaired) electrons. The molecule has 1 aliphatic carbocycles. The van der Waals surface area contributed by atoms with Crippen molar-refractivity contribution in [2.24, 2.45) is 0 Å². The molecule has 0 saturated heterocycles. The fourth-order valence-electron chi connectivity index (χ4n) is 4.96. The van der Waals surface area contributed by atoms with Gasteiger partial charge in [-0.1, -0.05) is 49.2 Å². The maximum atomic E-state index is 14.5. The Balaban J connectivity index is 1.58. The number of hydrogen-bond donors (Lipinski definition) is 1. The predicted octanol–water partition coefficient (Wildman–Crippen LogP) is 4.25. The van der Waals surface area contributed by atoms with E-state index in [4.69, 9.17) is 0 Å². The van der Waals surface area contributed by atoms with Crippen molar-refractivity contribution in [3.63, 3.8) is 0 Å².